The maximum atomic E-state index is 4.98. The maximum absolute atomic E-state index is 4.98. The quantitative estimate of drug-likeness (QED) is 0.400. The number of nitrogens with zero attached hydrogens (tertiary/aromatic N) is 3. The van der Waals surface area contributed by atoms with Crippen molar-refractivity contribution >= 4 is 44.5 Å². The highest BCUT2D eigenvalue weighted by Gasteiger charge is 2.19. The SMILES string of the molecule is C1=CC(c2ccc3ccc4cccnc4c3n2)Nc2c1ccc1cccnc21. The van der Waals surface area contributed by atoms with E-state index in [0.717, 1.165) is 49.7 Å². The molecule has 28 heavy (non-hydrogen) atoms. The summed E-state index contributed by atoms with van der Waals surface area (Å²) in [6, 6.07) is 20.7. The van der Waals surface area contributed by atoms with Crippen LogP contribution in [0.3, 0.4) is 0 Å². The van der Waals surface area contributed by atoms with Crippen molar-refractivity contribution in [3.8, 4) is 0 Å². The molecule has 0 radical (unpaired) electrons. The van der Waals surface area contributed by atoms with Crippen molar-refractivity contribution in [1.29, 1.82) is 0 Å². The van der Waals surface area contributed by atoms with E-state index >= 15 is 0 Å². The van der Waals surface area contributed by atoms with Crippen LogP contribution in [0.4, 0.5) is 5.69 Å². The predicted octanol–water partition coefficient (Wildman–Crippen LogP) is 5.51. The number of aromatic nitrogens is 3. The van der Waals surface area contributed by atoms with E-state index in [4.69, 9.17) is 4.98 Å². The van der Waals surface area contributed by atoms with Crippen molar-refractivity contribution < 1.29 is 0 Å². The lowest BCUT2D eigenvalue weighted by molar-refractivity contribution is 0.931. The van der Waals surface area contributed by atoms with Crippen LogP contribution in [0, 0.1) is 0 Å². The summed E-state index contributed by atoms with van der Waals surface area (Å²) in [5.41, 5.74) is 6.04. The minimum atomic E-state index is -0.0107. The molecule has 2 aromatic carbocycles. The monoisotopic (exact) mass is 360 g/mol. The first-order chi connectivity index (χ1) is 13.9. The van der Waals surface area contributed by atoms with Crippen LogP contribution in [0.5, 0.6) is 0 Å². The Morgan fingerprint density at radius 2 is 1.36 bits per heavy atom. The van der Waals surface area contributed by atoms with E-state index in [1.165, 1.54) is 0 Å². The highest BCUT2D eigenvalue weighted by atomic mass is 15.0. The van der Waals surface area contributed by atoms with Gasteiger partial charge in [-0.05, 0) is 23.8 Å². The van der Waals surface area contributed by atoms with Gasteiger partial charge in [0.25, 0.3) is 0 Å². The molecule has 0 saturated carbocycles. The van der Waals surface area contributed by atoms with Gasteiger partial charge in [0.05, 0.1) is 34.0 Å². The van der Waals surface area contributed by atoms with Crippen LogP contribution in [0.1, 0.15) is 17.3 Å². The summed E-state index contributed by atoms with van der Waals surface area (Å²) in [5.74, 6) is 0. The Kier molecular flexibility index (Phi) is 3.20. The van der Waals surface area contributed by atoms with Crippen LogP contribution in [-0.2, 0) is 0 Å². The largest absolute Gasteiger partial charge is 0.371 e. The molecule has 3 aromatic heterocycles. The first-order valence-electron chi connectivity index (χ1n) is 9.34. The molecule has 4 heterocycles. The molecule has 0 bridgehead atoms. The molecular weight excluding hydrogens is 344 g/mol. The topological polar surface area (TPSA) is 50.7 Å². The molecule has 6 rings (SSSR count). The molecule has 0 spiro atoms. The lowest BCUT2D eigenvalue weighted by Crippen LogP contribution is -2.14. The van der Waals surface area contributed by atoms with Gasteiger partial charge in [0.15, 0.2) is 0 Å². The third-order valence-corrected chi connectivity index (χ3v) is 5.35. The first-order valence-corrected chi connectivity index (χ1v) is 9.34. The van der Waals surface area contributed by atoms with Crippen LogP contribution in [0.2, 0.25) is 0 Å². The summed E-state index contributed by atoms with van der Waals surface area (Å²) in [6.07, 6.45) is 7.97. The molecule has 4 nitrogen and oxygen atoms in total. The summed E-state index contributed by atoms with van der Waals surface area (Å²) in [7, 11) is 0. The normalized spacial score (nSPS) is 15.6. The summed E-state index contributed by atoms with van der Waals surface area (Å²) >= 11 is 0. The molecule has 1 aliphatic heterocycles. The smallest absolute Gasteiger partial charge is 0.0968 e. The number of fused-ring (bicyclic) bond motifs is 6. The van der Waals surface area contributed by atoms with Gasteiger partial charge in [0.1, 0.15) is 0 Å². The summed E-state index contributed by atoms with van der Waals surface area (Å²) < 4.78 is 0. The summed E-state index contributed by atoms with van der Waals surface area (Å²) in [6.45, 7) is 0. The van der Waals surface area contributed by atoms with Gasteiger partial charge < -0.3 is 5.32 Å². The number of nitrogens with one attached hydrogen (secondary N) is 1. The Bertz CT molecular complexity index is 1400. The van der Waals surface area contributed by atoms with E-state index in [2.05, 4.69) is 76.0 Å². The van der Waals surface area contributed by atoms with Crippen LogP contribution < -0.4 is 5.32 Å². The second kappa shape index (κ2) is 5.86. The average Bonchev–Trinajstić information content (AvgIpc) is 2.78. The highest BCUT2D eigenvalue weighted by Crippen LogP contribution is 2.35. The fraction of sp³-hybridized carbons (Fsp3) is 0.0417. The lowest BCUT2D eigenvalue weighted by atomic mass is 10.00. The number of benzene rings is 2. The third-order valence-electron chi connectivity index (χ3n) is 5.35. The van der Waals surface area contributed by atoms with Crippen molar-refractivity contribution in [2.75, 3.05) is 5.32 Å². The van der Waals surface area contributed by atoms with E-state index in [9.17, 15) is 0 Å². The fourth-order valence-corrected chi connectivity index (χ4v) is 3.94. The Morgan fingerprint density at radius 1 is 0.679 bits per heavy atom. The minimum Gasteiger partial charge on any atom is -0.371 e. The lowest BCUT2D eigenvalue weighted by Gasteiger charge is -2.23. The fourth-order valence-electron chi connectivity index (χ4n) is 3.94. The van der Waals surface area contributed by atoms with E-state index in [0.29, 0.717) is 0 Å². The van der Waals surface area contributed by atoms with E-state index < -0.39 is 0 Å². The molecule has 1 unspecified atom stereocenters. The van der Waals surface area contributed by atoms with Gasteiger partial charge in [-0.25, -0.2) is 4.98 Å². The molecule has 4 heteroatoms. The molecular formula is C24H16N4. The second-order valence-corrected chi connectivity index (χ2v) is 7.03. The first kappa shape index (κ1) is 15.3. The van der Waals surface area contributed by atoms with Gasteiger partial charge in [-0.2, -0.15) is 0 Å². The molecule has 5 aromatic rings. The molecule has 1 aliphatic rings. The molecule has 1 atom stereocenters. The van der Waals surface area contributed by atoms with Gasteiger partial charge in [0, 0.05) is 28.6 Å². The minimum absolute atomic E-state index is 0.0107. The zero-order chi connectivity index (χ0) is 18.5. The van der Waals surface area contributed by atoms with Crippen LogP contribution >= 0.6 is 0 Å². The molecule has 0 fully saturated rings. The number of pyridine rings is 3. The molecule has 0 aliphatic carbocycles. The van der Waals surface area contributed by atoms with Crippen LogP contribution in [0.25, 0.3) is 38.8 Å². The Labute approximate surface area is 161 Å². The summed E-state index contributed by atoms with van der Waals surface area (Å²) in [5, 5.41) is 6.97. The molecule has 1 N–H and O–H groups in total. The Morgan fingerprint density at radius 3 is 2.21 bits per heavy atom. The van der Waals surface area contributed by atoms with Crippen molar-refractivity contribution in [3.05, 3.63) is 90.4 Å². The van der Waals surface area contributed by atoms with Gasteiger partial charge in [-0.3, -0.25) is 9.97 Å². The van der Waals surface area contributed by atoms with Gasteiger partial charge in [0.2, 0.25) is 0 Å². The van der Waals surface area contributed by atoms with Gasteiger partial charge >= 0.3 is 0 Å². The predicted molar refractivity (Wildman–Crippen MR) is 114 cm³/mol. The van der Waals surface area contributed by atoms with Crippen LogP contribution in [-0.4, -0.2) is 15.0 Å². The second-order valence-electron chi connectivity index (χ2n) is 7.03. The standard InChI is InChI=1S/C24H16N4/c1-3-15-5-7-17-9-11-19(27-23(17)21(15)25-13-1)20-12-10-18-8-6-16-4-2-14-26-22(16)24(18)28-20/h1-14,19,27H. The van der Waals surface area contributed by atoms with Crippen molar-refractivity contribution in [2.45, 2.75) is 6.04 Å². The zero-order valence-corrected chi connectivity index (χ0v) is 15.0. The van der Waals surface area contributed by atoms with Crippen molar-refractivity contribution in [3.63, 3.8) is 0 Å². The van der Waals surface area contributed by atoms with Crippen molar-refractivity contribution in [1.82, 2.24) is 15.0 Å². The van der Waals surface area contributed by atoms with Gasteiger partial charge in [-0.1, -0.05) is 54.6 Å². The number of rotatable bonds is 1. The van der Waals surface area contributed by atoms with Crippen LogP contribution in [0.15, 0.2) is 79.1 Å². The van der Waals surface area contributed by atoms with E-state index in [1.54, 1.807) is 0 Å². The molecule has 0 amide bonds. The van der Waals surface area contributed by atoms with E-state index in [-0.39, 0.29) is 6.04 Å². The number of anilines is 1. The summed E-state index contributed by atoms with van der Waals surface area (Å²) in [4.78, 5) is 14.1. The molecule has 0 saturated heterocycles. The zero-order valence-electron chi connectivity index (χ0n) is 15.0. The van der Waals surface area contributed by atoms with Gasteiger partial charge in [-0.15, -0.1) is 0 Å². The number of hydrogen-bond acceptors (Lipinski definition) is 4. The van der Waals surface area contributed by atoms with E-state index in [1.807, 2.05) is 24.5 Å². The Balaban J connectivity index is 1.50. The molecule has 132 valence electrons. The number of hydrogen-bond donors (Lipinski definition) is 1. The highest BCUT2D eigenvalue weighted by molar-refractivity contribution is 6.02. The Hall–Kier alpha value is -3.79. The average molecular weight is 360 g/mol. The third kappa shape index (κ3) is 2.28. The van der Waals surface area contributed by atoms with Crippen molar-refractivity contribution in [2.24, 2.45) is 0 Å². The maximum Gasteiger partial charge on any atom is 0.0968 e.